The summed E-state index contributed by atoms with van der Waals surface area (Å²) in [7, 11) is 0. The van der Waals surface area contributed by atoms with Crippen molar-refractivity contribution in [1.82, 2.24) is 4.98 Å². The molecular formula is C11H17BrN2. The summed E-state index contributed by atoms with van der Waals surface area (Å²) in [5.74, 6) is 0. The third-order valence-corrected chi connectivity index (χ3v) is 2.03. The standard InChI is InChI=1S/C8H9BrN2.C3H8/c1-5(2)6-3-11-4-7(9)8(6)10;1-3-2/h3-4H,1H2,2H3,(H2,10,11);3H2,1-2H3. The maximum atomic E-state index is 5.74. The lowest BCUT2D eigenvalue weighted by Crippen LogP contribution is -1.93. The highest BCUT2D eigenvalue weighted by Crippen LogP contribution is 2.25. The molecule has 0 aliphatic rings. The third-order valence-electron chi connectivity index (χ3n) is 1.40. The topological polar surface area (TPSA) is 38.9 Å². The summed E-state index contributed by atoms with van der Waals surface area (Å²) in [6.07, 6.45) is 4.63. The molecule has 3 heteroatoms. The van der Waals surface area contributed by atoms with Crippen molar-refractivity contribution < 1.29 is 0 Å². The van der Waals surface area contributed by atoms with Gasteiger partial charge in [-0.25, -0.2) is 0 Å². The first-order valence-electron chi connectivity index (χ1n) is 4.59. The van der Waals surface area contributed by atoms with Gasteiger partial charge < -0.3 is 5.73 Å². The Morgan fingerprint density at radius 1 is 1.50 bits per heavy atom. The lowest BCUT2D eigenvalue weighted by Gasteiger charge is -2.04. The monoisotopic (exact) mass is 256 g/mol. The van der Waals surface area contributed by atoms with Crippen LogP contribution in [0.4, 0.5) is 5.69 Å². The zero-order valence-corrected chi connectivity index (χ0v) is 10.6. The Balaban J connectivity index is 0.000000500. The molecule has 0 aliphatic heterocycles. The van der Waals surface area contributed by atoms with Gasteiger partial charge in [0.05, 0.1) is 10.2 Å². The van der Waals surface area contributed by atoms with Crippen molar-refractivity contribution in [2.75, 3.05) is 5.73 Å². The molecule has 0 saturated carbocycles. The predicted octanol–water partition coefficient (Wildman–Crippen LogP) is 3.88. The Bertz CT molecular complexity index is 308. The van der Waals surface area contributed by atoms with Gasteiger partial charge in [-0.2, -0.15) is 0 Å². The first kappa shape index (κ1) is 13.2. The second kappa shape index (κ2) is 6.60. The molecule has 0 aliphatic carbocycles. The second-order valence-corrected chi connectivity index (χ2v) is 3.92. The predicted molar refractivity (Wildman–Crippen MR) is 67.0 cm³/mol. The maximum Gasteiger partial charge on any atom is 0.0594 e. The average molecular weight is 257 g/mol. The lowest BCUT2D eigenvalue weighted by molar-refractivity contribution is 1.09. The molecule has 78 valence electrons. The Hall–Kier alpha value is -0.830. The number of anilines is 1. The van der Waals surface area contributed by atoms with Gasteiger partial charge >= 0.3 is 0 Å². The highest BCUT2D eigenvalue weighted by atomic mass is 79.9. The van der Waals surface area contributed by atoms with Gasteiger partial charge in [0.1, 0.15) is 0 Å². The molecule has 1 rings (SSSR count). The van der Waals surface area contributed by atoms with Crippen molar-refractivity contribution in [3.8, 4) is 0 Å². The number of aromatic nitrogens is 1. The summed E-state index contributed by atoms with van der Waals surface area (Å²) in [6, 6.07) is 0. The van der Waals surface area contributed by atoms with Gasteiger partial charge in [0, 0.05) is 18.0 Å². The summed E-state index contributed by atoms with van der Waals surface area (Å²) in [4.78, 5) is 3.98. The van der Waals surface area contributed by atoms with Crippen LogP contribution in [0, 0.1) is 0 Å². The molecule has 1 heterocycles. The molecule has 14 heavy (non-hydrogen) atoms. The van der Waals surface area contributed by atoms with Crippen LogP contribution in [0.3, 0.4) is 0 Å². The minimum atomic E-state index is 0.701. The zero-order valence-electron chi connectivity index (χ0n) is 8.97. The van der Waals surface area contributed by atoms with E-state index in [0.717, 1.165) is 15.6 Å². The molecule has 1 aromatic heterocycles. The SMILES string of the molecule is C=C(C)c1cncc(Br)c1N.CCC. The highest BCUT2D eigenvalue weighted by molar-refractivity contribution is 9.10. The number of nitrogens with zero attached hydrogens (tertiary/aromatic N) is 1. The fourth-order valence-corrected chi connectivity index (χ4v) is 1.12. The molecule has 0 spiro atoms. The molecule has 2 N–H and O–H groups in total. The summed E-state index contributed by atoms with van der Waals surface area (Å²) < 4.78 is 0.818. The minimum Gasteiger partial charge on any atom is -0.397 e. The third kappa shape index (κ3) is 3.92. The molecule has 0 saturated heterocycles. The van der Waals surface area contributed by atoms with Crippen LogP contribution >= 0.6 is 15.9 Å². The largest absolute Gasteiger partial charge is 0.397 e. The lowest BCUT2D eigenvalue weighted by atomic mass is 10.1. The van der Waals surface area contributed by atoms with Crippen LogP contribution in [0.25, 0.3) is 5.57 Å². The summed E-state index contributed by atoms with van der Waals surface area (Å²) in [5.41, 5.74) is 8.27. The van der Waals surface area contributed by atoms with E-state index in [-0.39, 0.29) is 0 Å². The van der Waals surface area contributed by atoms with Crippen molar-refractivity contribution in [2.24, 2.45) is 0 Å². The first-order valence-corrected chi connectivity index (χ1v) is 5.38. The van der Waals surface area contributed by atoms with Crippen LogP contribution in [0.1, 0.15) is 32.8 Å². The molecule has 2 nitrogen and oxygen atoms in total. The van der Waals surface area contributed by atoms with Gasteiger partial charge in [-0.1, -0.05) is 26.8 Å². The Kier molecular flexibility index (Phi) is 6.21. The van der Waals surface area contributed by atoms with Crippen LogP contribution in [-0.2, 0) is 0 Å². The van der Waals surface area contributed by atoms with E-state index in [1.165, 1.54) is 6.42 Å². The van der Waals surface area contributed by atoms with E-state index in [2.05, 4.69) is 41.3 Å². The van der Waals surface area contributed by atoms with E-state index >= 15 is 0 Å². The fourth-order valence-electron chi connectivity index (χ4n) is 0.785. The van der Waals surface area contributed by atoms with Crippen molar-refractivity contribution >= 4 is 27.2 Å². The minimum absolute atomic E-state index is 0.701. The van der Waals surface area contributed by atoms with E-state index < -0.39 is 0 Å². The smallest absolute Gasteiger partial charge is 0.0594 e. The van der Waals surface area contributed by atoms with Crippen LogP contribution < -0.4 is 5.73 Å². The highest BCUT2D eigenvalue weighted by Gasteiger charge is 2.02. The number of rotatable bonds is 1. The molecule has 1 aromatic rings. The summed E-state index contributed by atoms with van der Waals surface area (Å²) >= 11 is 3.29. The van der Waals surface area contributed by atoms with Gasteiger partial charge in [0.15, 0.2) is 0 Å². The van der Waals surface area contributed by atoms with Gasteiger partial charge in [-0.15, -0.1) is 0 Å². The van der Waals surface area contributed by atoms with Crippen LogP contribution in [0.2, 0.25) is 0 Å². The van der Waals surface area contributed by atoms with Crippen LogP contribution in [-0.4, -0.2) is 4.98 Å². The number of allylic oxidation sites excluding steroid dienone is 1. The van der Waals surface area contributed by atoms with Crippen molar-refractivity contribution in [1.29, 1.82) is 0 Å². The number of nitrogens with two attached hydrogens (primary N) is 1. The second-order valence-electron chi connectivity index (χ2n) is 3.07. The molecule has 0 aromatic carbocycles. The Labute approximate surface area is 94.4 Å². The van der Waals surface area contributed by atoms with Crippen molar-refractivity contribution in [3.05, 3.63) is 29.0 Å². The number of hydrogen-bond acceptors (Lipinski definition) is 2. The van der Waals surface area contributed by atoms with Gasteiger partial charge in [0.25, 0.3) is 0 Å². The maximum absolute atomic E-state index is 5.74. The molecule has 0 fully saturated rings. The number of halogens is 1. The normalized spacial score (nSPS) is 8.86. The van der Waals surface area contributed by atoms with E-state index in [0.29, 0.717) is 5.69 Å². The number of pyridine rings is 1. The molecule has 0 atom stereocenters. The molecule has 0 unspecified atom stereocenters. The van der Waals surface area contributed by atoms with Gasteiger partial charge in [-0.3, -0.25) is 4.98 Å². The fraction of sp³-hybridized carbons (Fsp3) is 0.364. The summed E-state index contributed by atoms with van der Waals surface area (Å²) in [6.45, 7) is 9.94. The molecule has 0 bridgehead atoms. The van der Waals surface area contributed by atoms with E-state index in [1.54, 1.807) is 12.4 Å². The zero-order chi connectivity index (χ0) is 11.1. The Morgan fingerprint density at radius 2 is 2.00 bits per heavy atom. The van der Waals surface area contributed by atoms with E-state index in [1.807, 2.05) is 6.92 Å². The first-order chi connectivity index (χ1) is 6.54. The number of hydrogen-bond donors (Lipinski definition) is 1. The van der Waals surface area contributed by atoms with Gasteiger partial charge in [-0.05, 0) is 28.4 Å². The van der Waals surface area contributed by atoms with Crippen molar-refractivity contribution in [3.63, 3.8) is 0 Å². The molecular weight excluding hydrogens is 240 g/mol. The molecule has 0 amide bonds. The Morgan fingerprint density at radius 3 is 2.36 bits per heavy atom. The van der Waals surface area contributed by atoms with Crippen LogP contribution in [0.15, 0.2) is 23.4 Å². The summed E-state index contributed by atoms with van der Waals surface area (Å²) in [5, 5.41) is 0. The number of nitrogen functional groups attached to an aromatic ring is 1. The quantitative estimate of drug-likeness (QED) is 0.829. The van der Waals surface area contributed by atoms with E-state index in [9.17, 15) is 0 Å². The van der Waals surface area contributed by atoms with Gasteiger partial charge in [0.2, 0.25) is 0 Å². The van der Waals surface area contributed by atoms with Crippen LogP contribution in [0.5, 0.6) is 0 Å². The average Bonchev–Trinajstić information content (AvgIpc) is 2.10. The molecule has 0 radical (unpaired) electrons. The van der Waals surface area contributed by atoms with Crippen molar-refractivity contribution in [2.45, 2.75) is 27.2 Å². The van der Waals surface area contributed by atoms with E-state index in [4.69, 9.17) is 5.73 Å².